The lowest BCUT2D eigenvalue weighted by molar-refractivity contribution is -0.139. The molecule has 5 nitrogen and oxygen atoms in total. The van der Waals surface area contributed by atoms with Crippen molar-refractivity contribution in [2.75, 3.05) is 5.75 Å². The van der Waals surface area contributed by atoms with Crippen molar-refractivity contribution in [2.45, 2.75) is 23.1 Å². The lowest BCUT2D eigenvalue weighted by Gasteiger charge is -2.24. The molecule has 0 bridgehead atoms. The molecule has 0 fully saturated rings. The van der Waals surface area contributed by atoms with Gasteiger partial charge < -0.3 is 5.11 Å². The zero-order valence-electron chi connectivity index (χ0n) is 16.7. The maximum Gasteiger partial charge on any atom is 0.323 e. The second-order valence-electron chi connectivity index (χ2n) is 6.76. The van der Waals surface area contributed by atoms with Gasteiger partial charge in [0.15, 0.2) is 0 Å². The summed E-state index contributed by atoms with van der Waals surface area (Å²) in [5.41, 5.74) is 2.19. The third-order valence-electron chi connectivity index (χ3n) is 4.67. The number of halogens is 1. The van der Waals surface area contributed by atoms with E-state index in [2.05, 4.69) is 4.72 Å². The molecule has 0 saturated heterocycles. The van der Waals surface area contributed by atoms with Crippen LogP contribution in [0.2, 0.25) is 0 Å². The molecule has 31 heavy (non-hydrogen) atoms. The molecule has 0 aromatic heterocycles. The normalized spacial score (nSPS) is 13.5. The summed E-state index contributed by atoms with van der Waals surface area (Å²) in [4.78, 5) is 12.0. The monoisotopic (exact) mass is 459 g/mol. The van der Waals surface area contributed by atoms with Crippen molar-refractivity contribution in [1.82, 2.24) is 4.72 Å². The average Bonchev–Trinajstić information content (AvgIpc) is 2.77. The topological polar surface area (TPSA) is 83.5 Å². The van der Waals surface area contributed by atoms with Crippen LogP contribution in [0.1, 0.15) is 17.7 Å². The molecular formula is C23H22FNO4S2. The molecule has 0 unspecified atom stereocenters. The zero-order chi connectivity index (χ0) is 22.4. The summed E-state index contributed by atoms with van der Waals surface area (Å²) in [6.45, 7) is 1.89. The highest BCUT2D eigenvalue weighted by Crippen LogP contribution is 2.33. The number of sulfonamides is 1. The van der Waals surface area contributed by atoms with E-state index in [9.17, 15) is 22.7 Å². The van der Waals surface area contributed by atoms with Crippen LogP contribution in [-0.4, -0.2) is 31.3 Å². The number of aliphatic carboxylic acids is 1. The Balaban J connectivity index is 1.87. The van der Waals surface area contributed by atoms with E-state index in [4.69, 9.17) is 0 Å². The molecule has 0 aliphatic rings. The Bertz CT molecular complexity index is 1120. The fourth-order valence-corrected chi connectivity index (χ4v) is 5.53. The Hall–Kier alpha value is -2.68. The van der Waals surface area contributed by atoms with E-state index in [1.165, 1.54) is 36.0 Å². The Kier molecular flexibility index (Phi) is 7.48. The van der Waals surface area contributed by atoms with E-state index in [-0.39, 0.29) is 10.7 Å². The lowest BCUT2D eigenvalue weighted by Crippen LogP contribution is -2.44. The third kappa shape index (κ3) is 5.72. The molecule has 3 aromatic carbocycles. The molecule has 0 spiro atoms. The first-order valence-electron chi connectivity index (χ1n) is 9.59. The van der Waals surface area contributed by atoms with Crippen LogP contribution in [-0.2, 0) is 14.8 Å². The molecular weight excluding hydrogens is 437 g/mol. The van der Waals surface area contributed by atoms with Crippen molar-refractivity contribution >= 4 is 27.8 Å². The van der Waals surface area contributed by atoms with Gasteiger partial charge in [-0.3, -0.25) is 4.79 Å². The van der Waals surface area contributed by atoms with Gasteiger partial charge in [0.05, 0.1) is 10.1 Å². The van der Waals surface area contributed by atoms with Crippen LogP contribution in [0.4, 0.5) is 4.39 Å². The second kappa shape index (κ2) is 10.1. The predicted molar refractivity (Wildman–Crippen MR) is 121 cm³/mol. The van der Waals surface area contributed by atoms with E-state index < -0.39 is 27.3 Å². The highest BCUT2D eigenvalue weighted by atomic mass is 32.2. The molecule has 0 heterocycles. The third-order valence-corrected chi connectivity index (χ3v) is 7.36. The van der Waals surface area contributed by atoms with Crippen molar-refractivity contribution < 1.29 is 22.7 Å². The molecule has 8 heteroatoms. The number of hydrogen-bond acceptors (Lipinski definition) is 4. The Morgan fingerprint density at radius 3 is 2.03 bits per heavy atom. The van der Waals surface area contributed by atoms with Crippen molar-refractivity contribution in [2.24, 2.45) is 0 Å². The van der Waals surface area contributed by atoms with Crippen molar-refractivity contribution in [3.63, 3.8) is 0 Å². The van der Waals surface area contributed by atoms with E-state index >= 15 is 0 Å². The summed E-state index contributed by atoms with van der Waals surface area (Å²) < 4.78 is 41.4. The molecule has 3 aromatic rings. The molecule has 0 radical (unpaired) electrons. The molecule has 0 aliphatic carbocycles. The Morgan fingerprint density at radius 2 is 1.52 bits per heavy atom. The van der Waals surface area contributed by atoms with E-state index in [1.54, 1.807) is 48.5 Å². The molecule has 0 aliphatic heterocycles. The average molecular weight is 460 g/mol. The molecule has 0 amide bonds. The minimum Gasteiger partial charge on any atom is -0.480 e. The van der Waals surface area contributed by atoms with Gasteiger partial charge >= 0.3 is 5.97 Å². The first kappa shape index (κ1) is 23.0. The zero-order valence-corrected chi connectivity index (χ0v) is 18.4. The quantitative estimate of drug-likeness (QED) is 0.484. The molecule has 3 rings (SSSR count). The highest BCUT2D eigenvalue weighted by molar-refractivity contribution is 7.99. The maximum absolute atomic E-state index is 13.1. The van der Waals surface area contributed by atoms with Gasteiger partial charge in [-0.05, 0) is 46.7 Å². The number of carboxylic acids is 1. The number of benzene rings is 3. The molecule has 162 valence electrons. The standard InChI is InChI=1S/C23H22FNO4S2/c1-2-30-22(18-6-4-3-5-7-18)21(23(26)27)25-31(28,29)20-14-10-17(11-15-20)16-8-12-19(24)13-9-16/h3-15,21-22,25H,2H2,1H3,(H,26,27)/t21-,22-/m1/s1. The maximum atomic E-state index is 13.1. The smallest absolute Gasteiger partial charge is 0.323 e. The van der Waals surface area contributed by atoms with Gasteiger partial charge in [0.2, 0.25) is 10.0 Å². The number of carboxylic acid groups (broad SMARTS) is 1. The summed E-state index contributed by atoms with van der Waals surface area (Å²) in [5, 5.41) is 9.20. The van der Waals surface area contributed by atoms with E-state index in [0.29, 0.717) is 5.75 Å². The van der Waals surface area contributed by atoms with Crippen molar-refractivity contribution in [1.29, 1.82) is 0 Å². The van der Waals surface area contributed by atoms with Crippen LogP contribution in [0.3, 0.4) is 0 Å². The predicted octanol–water partition coefficient (Wildman–Crippen LogP) is 4.72. The van der Waals surface area contributed by atoms with Gasteiger partial charge in [-0.25, -0.2) is 12.8 Å². The summed E-state index contributed by atoms with van der Waals surface area (Å²) in [5.74, 6) is -0.983. The summed E-state index contributed by atoms with van der Waals surface area (Å²) in [6, 6.07) is 19.5. The minimum atomic E-state index is -4.09. The first-order chi connectivity index (χ1) is 14.8. The SMILES string of the molecule is CCS[C@H](c1ccccc1)[C@@H](NS(=O)(=O)c1ccc(-c2ccc(F)cc2)cc1)C(=O)O. The number of carbonyl (C=O) groups is 1. The van der Waals surface area contributed by atoms with Crippen LogP contribution in [0.5, 0.6) is 0 Å². The van der Waals surface area contributed by atoms with Gasteiger partial charge in [-0.1, -0.05) is 61.5 Å². The van der Waals surface area contributed by atoms with Crippen molar-refractivity contribution in [3.8, 4) is 11.1 Å². The van der Waals surface area contributed by atoms with E-state index in [1.807, 2.05) is 13.0 Å². The van der Waals surface area contributed by atoms with Gasteiger partial charge in [-0.15, -0.1) is 0 Å². The lowest BCUT2D eigenvalue weighted by atomic mass is 10.1. The number of hydrogen-bond donors (Lipinski definition) is 2. The second-order valence-corrected chi connectivity index (χ2v) is 9.89. The fraction of sp³-hybridized carbons (Fsp3) is 0.174. The summed E-state index contributed by atoms with van der Waals surface area (Å²) in [6.07, 6.45) is 0. The number of rotatable bonds is 9. The minimum absolute atomic E-state index is 0.0436. The highest BCUT2D eigenvalue weighted by Gasteiger charge is 2.34. The van der Waals surface area contributed by atoms with Crippen LogP contribution in [0, 0.1) is 5.82 Å². The first-order valence-corrected chi connectivity index (χ1v) is 12.1. The van der Waals surface area contributed by atoms with Crippen LogP contribution >= 0.6 is 11.8 Å². The summed E-state index contributed by atoms with van der Waals surface area (Å²) >= 11 is 1.36. The number of thioether (sulfide) groups is 1. The van der Waals surface area contributed by atoms with Crippen LogP contribution < -0.4 is 4.72 Å². The molecule has 2 N–H and O–H groups in total. The fourth-order valence-electron chi connectivity index (χ4n) is 3.15. The Morgan fingerprint density at radius 1 is 0.968 bits per heavy atom. The van der Waals surface area contributed by atoms with Gasteiger partial charge in [0.1, 0.15) is 11.9 Å². The van der Waals surface area contributed by atoms with Crippen LogP contribution in [0.25, 0.3) is 11.1 Å². The van der Waals surface area contributed by atoms with Crippen LogP contribution in [0.15, 0.2) is 83.8 Å². The van der Waals surface area contributed by atoms with Gasteiger partial charge in [-0.2, -0.15) is 16.5 Å². The van der Waals surface area contributed by atoms with Gasteiger partial charge in [0, 0.05) is 0 Å². The van der Waals surface area contributed by atoms with E-state index in [0.717, 1.165) is 16.7 Å². The van der Waals surface area contributed by atoms with Crippen molar-refractivity contribution in [3.05, 3.63) is 90.2 Å². The van der Waals surface area contributed by atoms with Gasteiger partial charge in [0.25, 0.3) is 0 Å². The summed E-state index contributed by atoms with van der Waals surface area (Å²) in [7, 11) is -4.09. The molecule has 2 atom stereocenters. The number of nitrogens with one attached hydrogen (secondary N) is 1. The Labute approximate surface area is 185 Å². The largest absolute Gasteiger partial charge is 0.480 e. The molecule has 0 saturated carbocycles.